The van der Waals surface area contributed by atoms with Gasteiger partial charge in [0.1, 0.15) is 0 Å². The first-order valence-corrected chi connectivity index (χ1v) is 10.3. The Morgan fingerprint density at radius 3 is 2.57 bits per heavy atom. The van der Waals surface area contributed by atoms with E-state index in [-0.39, 0.29) is 5.91 Å². The van der Waals surface area contributed by atoms with Crippen LogP contribution in [0.4, 0.5) is 5.95 Å². The molecule has 5 rings (SSSR count). The third kappa shape index (κ3) is 3.54. The van der Waals surface area contributed by atoms with E-state index < -0.39 is 6.04 Å². The summed E-state index contributed by atoms with van der Waals surface area (Å²) in [6, 6.07) is 19.3. The van der Waals surface area contributed by atoms with E-state index in [0.29, 0.717) is 6.54 Å². The molecular formula is C23H24N6O. The number of hydrogen-bond acceptors (Lipinski definition) is 4. The third-order valence-electron chi connectivity index (χ3n) is 5.62. The molecule has 1 unspecified atom stereocenters. The van der Waals surface area contributed by atoms with Crippen molar-refractivity contribution in [3.63, 3.8) is 0 Å². The molecule has 0 saturated carbocycles. The largest absolute Gasteiger partial charge is 0.341 e. The molecule has 3 heterocycles. The number of amides is 1. The molecular weight excluding hydrogens is 376 g/mol. The van der Waals surface area contributed by atoms with Gasteiger partial charge in [-0.05, 0) is 30.2 Å². The lowest BCUT2D eigenvalue weighted by atomic mass is 10.1. The maximum Gasteiger partial charge on any atom is 0.252 e. The Hall–Kier alpha value is -3.61. The van der Waals surface area contributed by atoms with Crippen LogP contribution >= 0.6 is 0 Å². The molecule has 1 fully saturated rings. The van der Waals surface area contributed by atoms with E-state index in [4.69, 9.17) is 4.98 Å². The molecule has 0 bridgehead atoms. The summed E-state index contributed by atoms with van der Waals surface area (Å²) in [6.45, 7) is 2.98. The van der Waals surface area contributed by atoms with Gasteiger partial charge in [-0.1, -0.05) is 42.5 Å². The Balaban J connectivity index is 1.36. The Morgan fingerprint density at radius 2 is 1.77 bits per heavy atom. The number of fused-ring (bicyclic) bond motifs is 1. The van der Waals surface area contributed by atoms with Crippen LogP contribution in [0.3, 0.4) is 0 Å². The number of benzene rings is 2. The number of H-pyrrole nitrogens is 1. The molecule has 1 N–H and O–H groups in total. The average molecular weight is 400 g/mol. The minimum Gasteiger partial charge on any atom is -0.341 e. The maximum absolute atomic E-state index is 13.6. The van der Waals surface area contributed by atoms with Crippen LogP contribution in [0.2, 0.25) is 0 Å². The maximum atomic E-state index is 13.6. The van der Waals surface area contributed by atoms with Gasteiger partial charge >= 0.3 is 0 Å². The number of rotatable bonds is 4. The normalized spacial score (nSPS) is 15.9. The van der Waals surface area contributed by atoms with Crippen LogP contribution < -0.4 is 4.90 Å². The number of carbonyl (C=O) groups excluding carboxylic acids is 1. The summed E-state index contributed by atoms with van der Waals surface area (Å²) in [5.74, 6) is 0.952. The molecule has 4 aromatic rings. The molecule has 2 aromatic heterocycles. The first-order chi connectivity index (χ1) is 14.8. The molecule has 1 saturated heterocycles. The molecule has 7 heteroatoms. The van der Waals surface area contributed by atoms with Gasteiger partial charge in [-0.25, -0.2) is 4.98 Å². The van der Waals surface area contributed by atoms with Gasteiger partial charge < -0.3 is 14.8 Å². The second-order valence-corrected chi connectivity index (χ2v) is 7.54. The summed E-state index contributed by atoms with van der Waals surface area (Å²) in [6.07, 6.45) is 4.46. The average Bonchev–Trinajstić information content (AvgIpc) is 3.39. The smallest absolute Gasteiger partial charge is 0.252 e. The van der Waals surface area contributed by atoms with Crippen molar-refractivity contribution in [2.75, 3.05) is 31.1 Å². The Labute approximate surface area is 174 Å². The standard InChI is InChI=1S/C23H24N6O/c30-22(21(29-15-6-12-24-29)18-8-2-1-3-9-18)27-13-7-14-28(17-16-27)23-25-19-10-4-5-11-20(19)26-23/h1-6,8-12,15,21H,7,13-14,16-17H2,(H,25,26). The molecule has 0 spiro atoms. The lowest BCUT2D eigenvalue weighted by molar-refractivity contribution is -0.133. The fourth-order valence-electron chi connectivity index (χ4n) is 4.09. The first kappa shape index (κ1) is 18.4. The van der Waals surface area contributed by atoms with Crippen LogP contribution in [0.25, 0.3) is 11.0 Å². The number of aromatic amines is 1. The minimum atomic E-state index is -0.445. The van der Waals surface area contributed by atoms with E-state index in [0.717, 1.165) is 48.6 Å². The molecule has 1 atom stereocenters. The van der Waals surface area contributed by atoms with Crippen LogP contribution in [0.1, 0.15) is 18.0 Å². The van der Waals surface area contributed by atoms with Crippen molar-refractivity contribution in [1.29, 1.82) is 0 Å². The summed E-state index contributed by atoms with van der Waals surface area (Å²) in [4.78, 5) is 25.9. The lowest BCUT2D eigenvalue weighted by Crippen LogP contribution is -2.40. The summed E-state index contributed by atoms with van der Waals surface area (Å²) < 4.78 is 1.75. The summed E-state index contributed by atoms with van der Waals surface area (Å²) >= 11 is 0. The Bertz CT molecular complexity index is 1090. The zero-order valence-corrected chi connectivity index (χ0v) is 16.7. The highest BCUT2D eigenvalue weighted by Gasteiger charge is 2.29. The number of hydrogen-bond donors (Lipinski definition) is 1. The van der Waals surface area contributed by atoms with Crippen LogP contribution in [0, 0.1) is 0 Å². The zero-order valence-electron chi connectivity index (χ0n) is 16.7. The monoisotopic (exact) mass is 400 g/mol. The van der Waals surface area contributed by atoms with Gasteiger partial charge in [0.15, 0.2) is 6.04 Å². The van der Waals surface area contributed by atoms with Crippen LogP contribution in [0.5, 0.6) is 0 Å². The molecule has 0 aliphatic carbocycles. The summed E-state index contributed by atoms with van der Waals surface area (Å²) in [5.41, 5.74) is 2.95. The van der Waals surface area contributed by atoms with E-state index in [1.54, 1.807) is 10.9 Å². The van der Waals surface area contributed by atoms with Gasteiger partial charge in [-0.15, -0.1) is 0 Å². The molecule has 1 aliphatic rings. The quantitative estimate of drug-likeness (QED) is 0.572. The van der Waals surface area contributed by atoms with Gasteiger partial charge in [-0.2, -0.15) is 5.10 Å². The predicted molar refractivity (Wildman–Crippen MR) is 116 cm³/mol. The predicted octanol–water partition coefficient (Wildman–Crippen LogP) is 3.09. The van der Waals surface area contributed by atoms with Crippen molar-refractivity contribution in [3.05, 3.63) is 78.6 Å². The van der Waals surface area contributed by atoms with Crippen molar-refractivity contribution >= 4 is 22.9 Å². The molecule has 152 valence electrons. The van der Waals surface area contributed by atoms with Crippen molar-refractivity contribution < 1.29 is 4.79 Å². The lowest BCUT2D eigenvalue weighted by Gasteiger charge is -2.27. The van der Waals surface area contributed by atoms with Crippen molar-refractivity contribution in [2.45, 2.75) is 12.5 Å². The van der Waals surface area contributed by atoms with Gasteiger partial charge in [-0.3, -0.25) is 9.48 Å². The van der Waals surface area contributed by atoms with E-state index >= 15 is 0 Å². The second kappa shape index (κ2) is 8.02. The highest BCUT2D eigenvalue weighted by molar-refractivity contribution is 5.84. The topological polar surface area (TPSA) is 70.1 Å². The van der Waals surface area contributed by atoms with Crippen molar-refractivity contribution in [2.24, 2.45) is 0 Å². The number of anilines is 1. The van der Waals surface area contributed by atoms with E-state index in [1.807, 2.05) is 71.8 Å². The van der Waals surface area contributed by atoms with Crippen molar-refractivity contribution in [1.82, 2.24) is 24.6 Å². The van der Waals surface area contributed by atoms with Crippen LogP contribution in [-0.4, -0.2) is 56.7 Å². The fourth-order valence-corrected chi connectivity index (χ4v) is 4.09. The Kier molecular flexibility index (Phi) is 4.93. The van der Waals surface area contributed by atoms with Gasteiger partial charge in [0.2, 0.25) is 5.95 Å². The highest BCUT2D eigenvalue weighted by atomic mass is 16.2. The van der Waals surface area contributed by atoms with E-state index in [2.05, 4.69) is 15.0 Å². The first-order valence-electron chi connectivity index (χ1n) is 10.3. The SMILES string of the molecule is O=C(C(c1ccccc1)n1cccn1)N1CCCN(c2nc3ccccc3[nH]2)CC1. The summed E-state index contributed by atoms with van der Waals surface area (Å²) in [5, 5.41) is 4.36. The number of nitrogens with zero attached hydrogens (tertiary/aromatic N) is 5. The molecule has 7 nitrogen and oxygen atoms in total. The number of nitrogens with one attached hydrogen (secondary N) is 1. The number of imidazole rings is 1. The highest BCUT2D eigenvalue weighted by Crippen LogP contribution is 2.23. The minimum absolute atomic E-state index is 0.0800. The van der Waals surface area contributed by atoms with E-state index in [1.165, 1.54) is 0 Å². The fraction of sp³-hybridized carbons (Fsp3) is 0.261. The zero-order chi connectivity index (χ0) is 20.3. The number of carbonyl (C=O) groups is 1. The third-order valence-corrected chi connectivity index (χ3v) is 5.62. The van der Waals surface area contributed by atoms with Crippen LogP contribution in [-0.2, 0) is 4.79 Å². The van der Waals surface area contributed by atoms with Crippen molar-refractivity contribution in [3.8, 4) is 0 Å². The van der Waals surface area contributed by atoms with Gasteiger partial charge in [0.25, 0.3) is 5.91 Å². The van der Waals surface area contributed by atoms with Gasteiger partial charge in [0, 0.05) is 38.6 Å². The Morgan fingerprint density at radius 1 is 0.933 bits per heavy atom. The van der Waals surface area contributed by atoms with Crippen LogP contribution in [0.15, 0.2) is 73.1 Å². The summed E-state index contributed by atoms with van der Waals surface area (Å²) in [7, 11) is 0. The molecule has 30 heavy (non-hydrogen) atoms. The molecule has 0 radical (unpaired) electrons. The van der Waals surface area contributed by atoms with E-state index in [9.17, 15) is 4.79 Å². The molecule has 1 aliphatic heterocycles. The van der Waals surface area contributed by atoms with Gasteiger partial charge in [0.05, 0.1) is 11.0 Å². The molecule has 1 amide bonds. The number of para-hydroxylation sites is 2. The second-order valence-electron chi connectivity index (χ2n) is 7.54. The molecule has 2 aromatic carbocycles. The number of aromatic nitrogens is 4.